The van der Waals surface area contributed by atoms with E-state index in [9.17, 15) is 29.1 Å². The SMILES string of the molecule is CC[C@@H](C)[C@H](NC(=O)[C@@H](NC(=O)[C@H](CC(C)C)NC(=O)N(Cc1ccccc1)C[C@@H](O)[C@H](Cc1ccccc1)NC(=O)OC(C)(C)C)C(C)C)C(=O)OC. The summed E-state index contributed by atoms with van der Waals surface area (Å²) in [6.45, 7) is 16.2. The Morgan fingerprint density at radius 1 is 0.778 bits per heavy atom. The smallest absolute Gasteiger partial charge is 0.407 e. The van der Waals surface area contributed by atoms with Crippen LogP contribution in [0, 0.1) is 17.8 Å². The first-order valence-corrected chi connectivity index (χ1v) is 18.8. The minimum atomic E-state index is -1.24. The first kappa shape index (κ1) is 45.5. The number of nitrogens with zero attached hydrogens (tertiary/aromatic N) is 1. The number of aliphatic hydroxyl groups excluding tert-OH is 1. The van der Waals surface area contributed by atoms with Gasteiger partial charge in [0.05, 0.1) is 25.8 Å². The fourth-order valence-electron chi connectivity index (χ4n) is 5.76. The number of hydrogen-bond donors (Lipinski definition) is 5. The lowest BCUT2D eigenvalue weighted by Crippen LogP contribution is -2.59. The van der Waals surface area contributed by atoms with Crippen LogP contribution >= 0.6 is 0 Å². The van der Waals surface area contributed by atoms with Crippen LogP contribution in [0.4, 0.5) is 9.59 Å². The average molecular weight is 754 g/mol. The molecule has 0 saturated carbocycles. The molecular formula is C41H63N5O8. The van der Waals surface area contributed by atoms with Crippen molar-refractivity contribution in [3.05, 3.63) is 71.8 Å². The molecule has 0 bridgehead atoms. The number of carbonyl (C=O) groups is 5. The van der Waals surface area contributed by atoms with Gasteiger partial charge in [0, 0.05) is 6.54 Å². The largest absolute Gasteiger partial charge is 0.467 e. The summed E-state index contributed by atoms with van der Waals surface area (Å²) in [5, 5.41) is 22.9. The summed E-state index contributed by atoms with van der Waals surface area (Å²) < 4.78 is 10.4. The minimum Gasteiger partial charge on any atom is -0.467 e. The van der Waals surface area contributed by atoms with Gasteiger partial charge in [-0.3, -0.25) is 9.59 Å². The highest BCUT2D eigenvalue weighted by Crippen LogP contribution is 2.16. The van der Waals surface area contributed by atoms with E-state index in [1.54, 1.807) is 34.6 Å². The maximum Gasteiger partial charge on any atom is 0.407 e. The molecule has 0 aromatic heterocycles. The molecule has 300 valence electrons. The number of alkyl carbamates (subject to hydrolysis) is 1. The third-order valence-corrected chi connectivity index (χ3v) is 8.91. The number of benzene rings is 2. The summed E-state index contributed by atoms with van der Waals surface area (Å²) in [6.07, 6.45) is -0.833. The van der Waals surface area contributed by atoms with Gasteiger partial charge >= 0.3 is 18.1 Å². The number of ether oxygens (including phenoxy) is 2. The van der Waals surface area contributed by atoms with Crippen molar-refractivity contribution in [3.8, 4) is 0 Å². The van der Waals surface area contributed by atoms with Crippen LogP contribution < -0.4 is 21.3 Å². The Balaban J connectivity index is 2.39. The van der Waals surface area contributed by atoms with Gasteiger partial charge in [0.15, 0.2) is 0 Å². The Labute approximate surface area is 321 Å². The van der Waals surface area contributed by atoms with Crippen LogP contribution in [-0.2, 0) is 36.8 Å². The van der Waals surface area contributed by atoms with Crippen molar-refractivity contribution >= 4 is 29.9 Å². The summed E-state index contributed by atoms with van der Waals surface area (Å²) >= 11 is 0. The Hall–Kier alpha value is -4.65. The molecular weight excluding hydrogens is 690 g/mol. The molecule has 2 aromatic rings. The van der Waals surface area contributed by atoms with Gasteiger partial charge < -0.3 is 40.7 Å². The second-order valence-corrected chi connectivity index (χ2v) is 15.6. The van der Waals surface area contributed by atoms with E-state index < -0.39 is 65.8 Å². The zero-order valence-electron chi connectivity index (χ0n) is 33.7. The number of carbonyl (C=O) groups excluding carboxylic acids is 5. The number of aliphatic hydroxyl groups is 1. The van der Waals surface area contributed by atoms with Crippen LogP contribution in [0.25, 0.3) is 0 Å². The van der Waals surface area contributed by atoms with Crippen molar-refractivity contribution in [3.63, 3.8) is 0 Å². The number of rotatable bonds is 19. The van der Waals surface area contributed by atoms with E-state index in [1.807, 2.05) is 88.4 Å². The number of urea groups is 1. The standard InChI is InChI=1S/C41H63N5O8/c1-11-28(6)35(38(50)53-10)45-37(49)34(27(4)5)44-36(48)32(22-26(2)3)42-39(51)46(24-30-20-16-13-17-21-30)25-33(47)31(23-29-18-14-12-15-19-29)43-40(52)54-41(7,8)9/h12-21,26-28,31-35,47H,11,22-25H2,1-10H3,(H,42,51)(H,43,52)(H,44,48)(H,45,49)/t28-,31+,32+,33-,34+,35+/m1/s1. The van der Waals surface area contributed by atoms with Gasteiger partial charge in [0.2, 0.25) is 11.8 Å². The zero-order valence-corrected chi connectivity index (χ0v) is 33.7. The summed E-state index contributed by atoms with van der Waals surface area (Å²) in [5.74, 6) is -2.29. The van der Waals surface area contributed by atoms with E-state index in [4.69, 9.17) is 9.47 Å². The van der Waals surface area contributed by atoms with Gasteiger partial charge in [0.25, 0.3) is 0 Å². The maximum absolute atomic E-state index is 14.2. The number of methoxy groups -OCH3 is 1. The minimum absolute atomic E-state index is 0.0251. The Morgan fingerprint density at radius 3 is 1.83 bits per heavy atom. The average Bonchev–Trinajstić information content (AvgIpc) is 3.10. The third kappa shape index (κ3) is 15.8. The van der Waals surface area contributed by atoms with Crippen LogP contribution in [0.2, 0.25) is 0 Å². The lowest BCUT2D eigenvalue weighted by Gasteiger charge is -2.33. The fourth-order valence-corrected chi connectivity index (χ4v) is 5.76. The number of esters is 1. The van der Waals surface area contributed by atoms with Gasteiger partial charge in [-0.1, -0.05) is 109 Å². The van der Waals surface area contributed by atoms with E-state index in [-0.39, 0.29) is 43.7 Å². The number of amides is 5. The van der Waals surface area contributed by atoms with E-state index in [0.717, 1.165) is 11.1 Å². The summed E-state index contributed by atoms with van der Waals surface area (Å²) in [5.41, 5.74) is 0.864. The summed E-state index contributed by atoms with van der Waals surface area (Å²) in [6, 6.07) is 14.1. The Morgan fingerprint density at radius 2 is 1.33 bits per heavy atom. The number of hydrogen-bond acceptors (Lipinski definition) is 8. The lowest BCUT2D eigenvalue weighted by atomic mass is 9.96. The molecule has 5 N–H and O–H groups in total. The van der Waals surface area contributed by atoms with Crippen molar-refractivity contribution in [1.29, 1.82) is 0 Å². The quantitative estimate of drug-likeness (QED) is 0.125. The highest BCUT2D eigenvalue weighted by Gasteiger charge is 2.35. The second kappa shape index (κ2) is 21.9. The fraction of sp³-hybridized carbons (Fsp3) is 0.585. The molecule has 0 saturated heterocycles. The van der Waals surface area contributed by atoms with Gasteiger partial charge in [0.1, 0.15) is 23.7 Å². The number of nitrogens with one attached hydrogen (secondary N) is 4. The predicted octanol–water partition coefficient (Wildman–Crippen LogP) is 4.95. The molecule has 2 aromatic carbocycles. The van der Waals surface area contributed by atoms with Crippen molar-refractivity contribution in [2.45, 2.75) is 124 Å². The molecule has 5 amide bonds. The van der Waals surface area contributed by atoms with Crippen LogP contribution in [-0.4, -0.2) is 89.4 Å². The summed E-state index contributed by atoms with van der Waals surface area (Å²) in [4.78, 5) is 68.4. The molecule has 0 spiro atoms. The van der Waals surface area contributed by atoms with E-state index in [1.165, 1.54) is 12.0 Å². The highest BCUT2D eigenvalue weighted by atomic mass is 16.6. The second-order valence-electron chi connectivity index (χ2n) is 15.6. The van der Waals surface area contributed by atoms with Crippen molar-refractivity contribution in [2.24, 2.45) is 17.8 Å². The van der Waals surface area contributed by atoms with Crippen LogP contribution in [0.3, 0.4) is 0 Å². The normalized spacial score (nSPS) is 14.8. The Bertz CT molecular complexity index is 1480. The topological polar surface area (TPSA) is 175 Å². The van der Waals surface area contributed by atoms with E-state index in [2.05, 4.69) is 21.3 Å². The van der Waals surface area contributed by atoms with E-state index >= 15 is 0 Å². The molecule has 2 rings (SSSR count). The van der Waals surface area contributed by atoms with Crippen molar-refractivity contribution < 1.29 is 38.6 Å². The maximum atomic E-state index is 14.2. The van der Waals surface area contributed by atoms with Gasteiger partial charge in [-0.25, -0.2) is 14.4 Å². The molecule has 54 heavy (non-hydrogen) atoms. The first-order chi connectivity index (χ1) is 25.3. The molecule has 0 aliphatic rings. The molecule has 0 heterocycles. The summed E-state index contributed by atoms with van der Waals surface area (Å²) in [7, 11) is 1.26. The van der Waals surface area contributed by atoms with Crippen molar-refractivity contribution in [1.82, 2.24) is 26.2 Å². The van der Waals surface area contributed by atoms with Gasteiger partial charge in [-0.05, 0) is 62.5 Å². The van der Waals surface area contributed by atoms with Crippen molar-refractivity contribution in [2.75, 3.05) is 13.7 Å². The van der Waals surface area contributed by atoms with E-state index in [0.29, 0.717) is 6.42 Å². The lowest BCUT2D eigenvalue weighted by molar-refractivity contribution is -0.147. The van der Waals surface area contributed by atoms with Crippen LogP contribution in [0.5, 0.6) is 0 Å². The molecule has 0 fully saturated rings. The monoisotopic (exact) mass is 753 g/mol. The highest BCUT2D eigenvalue weighted by molar-refractivity contribution is 5.93. The van der Waals surface area contributed by atoms with Crippen LogP contribution in [0.1, 0.15) is 86.3 Å². The molecule has 0 aliphatic carbocycles. The molecule has 6 atom stereocenters. The molecule has 0 unspecified atom stereocenters. The predicted molar refractivity (Wildman–Crippen MR) is 208 cm³/mol. The first-order valence-electron chi connectivity index (χ1n) is 18.8. The third-order valence-electron chi connectivity index (χ3n) is 8.91. The molecule has 13 heteroatoms. The van der Waals surface area contributed by atoms with Crippen LogP contribution in [0.15, 0.2) is 60.7 Å². The Kier molecular flexibility index (Phi) is 18.5. The molecule has 0 aliphatic heterocycles. The van der Waals surface area contributed by atoms with Gasteiger partial charge in [-0.15, -0.1) is 0 Å². The van der Waals surface area contributed by atoms with Gasteiger partial charge in [-0.2, -0.15) is 0 Å². The molecule has 0 radical (unpaired) electrons. The molecule has 13 nitrogen and oxygen atoms in total. The zero-order chi connectivity index (χ0) is 40.6.